The topological polar surface area (TPSA) is 62.2 Å². The molecule has 0 radical (unpaired) electrons. The first-order chi connectivity index (χ1) is 13.5. The lowest BCUT2D eigenvalue weighted by atomic mass is 9.74. The van der Waals surface area contributed by atoms with E-state index >= 15 is 0 Å². The molecule has 1 unspecified atom stereocenters. The minimum atomic E-state index is -0.0436. The van der Waals surface area contributed by atoms with Gasteiger partial charge in [-0.15, -0.1) is 0 Å². The first-order valence-electron chi connectivity index (χ1n) is 11.3. The quantitative estimate of drug-likeness (QED) is 0.814. The van der Waals surface area contributed by atoms with Crippen LogP contribution in [0.2, 0.25) is 0 Å². The van der Waals surface area contributed by atoms with Crippen LogP contribution >= 0.6 is 0 Å². The molecule has 5 rings (SSSR count). The number of nitrogens with zero attached hydrogens (tertiary/aromatic N) is 3. The van der Waals surface area contributed by atoms with Crippen molar-refractivity contribution >= 4 is 6.03 Å². The number of piperidine rings is 3. The van der Waals surface area contributed by atoms with Gasteiger partial charge >= 0.3 is 6.03 Å². The van der Waals surface area contributed by atoms with Crippen LogP contribution in [-0.4, -0.2) is 52.4 Å². The molecular formula is C22H37N5O. The Morgan fingerprint density at radius 3 is 2.71 bits per heavy atom. The molecule has 4 fully saturated rings. The second-order valence-electron chi connectivity index (χ2n) is 9.50. The molecule has 4 aliphatic rings. The molecule has 4 atom stereocenters. The first kappa shape index (κ1) is 19.7. The Kier molecular flexibility index (Phi) is 5.95. The maximum Gasteiger partial charge on any atom is 0.315 e. The Hall–Kier alpha value is -1.56. The van der Waals surface area contributed by atoms with Gasteiger partial charge in [-0.2, -0.15) is 5.10 Å². The summed E-state index contributed by atoms with van der Waals surface area (Å²) in [6.45, 7) is 7.00. The van der Waals surface area contributed by atoms with Gasteiger partial charge in [0.1, 0.15) is 0 Å². The molecule has 2 N–H and O–H groups in total. The van der Waals surface area contributed by atoms with Crippen molar-refractivity contribution in [1.82, 2.24) is 25.3 Å². The summed E-state index contributed by atoms with van der Waals surface area (Å²) in [5, 5.41) is 10.9. The van der Waals surface area contributed by atoms with Crippen LogP contribution in [-0.2, 0) is 7.05 Å². The van der Waals surface area contributed by atoms with Crippen molar-refractivity contribution in [2.45, 2.75) is 82.7 Å². The molecule has 0 spiro atoms. The average molecular weight is 388 g/mol. The van der Waals surface area contributed by atoms with E-state index in [1.54, 1.807) is 0 Å². The van der Waals surface area contributed by atoms with E-state index in [0.29, 0.717) is 23.8 Å². The van der Waals surface area contributed by atoms with Crippen LogP contribution in [0.25, 0.3) is 0 Å². The van der Waals surface area contributed by atoms with E-state index in [2.05, 4.69) is 33.3 Å². The van der Waals surface area contributed by atoms with Crippen LogP contribution in [0.15, 0.2) is 6.07 Å². The third kappa shape index (κ3) is 4.22. The second kappa shape index (κ2) is 8.44. The summed E-state index contributed by atoms with van der Waals surface area (Å²) in [5.74, 6) is 1.97. The number of hydrogen-bond donors (Lipinski definition) is 2. The van der Waals surface area contributed by atoms with Gasteiger partial charge in [0, 0.05) is 49.8 Å². The van der Waals surface area contributed by atoms with Crippen molar-refractivity contribution in [1.29, 1.82) is 0 Å². The van der Waals surface area contributed by atoms with E-state index in [4.69, 9.17) is 5.10 Å². The van der Waals surface area contributed by atoms with E-state index in [9.17, 15) is 4.79 Å². The van der Waals surface area contributed by atoms with Crippen LogP contribution < -0.4 is 10.6 Å². The molecule has 1 saturated carbocycles. The molecule has 2 amide bonds. The second-order valence-corrected chi connectivity index (χ2v) is 9.50. The van der Waals surface area contributed by atoms with Gasteiger partial charge in [0.05, 0.1) is 5.69 Å². The Morgan fingerprint density at radius 2 is 2.04 bits per heavy atom. The van der Waals surface area contributed by atoms with Gasteiger partial charge in [0.15, 0.2) is 0 Å². The maximum atomic E-state index is 11.9. The molecule has 2 bridgehead atoms. The Bertz CT molecular complexity index is 678. The number of nitrogens with one attached hydrogen (secondary N) is 2. The minimum absolute atomic E-state index is 0.0436. The molecule has 6 nitrogen and oxygen atoms in total. The molecule has 0 aromatic carbocycles. The third-order valence-electron chi connectivity index (χ3n) is 7.13. The smallest absolute Gasteiger partial charge is 0.315 e. The molecule has 3 saturated heterocycles. The number of carbonyl (C=O) groups excluding carboxylic acids is 1. The highest BCUT2D eigenvalue weighted by atomic mass is 16.2. The van der Waals surface area contributed by atoms with Gasteiger partial charge in [0.25, 0.3) is 0 Å². The van der Waals surface area contributed by atoms with Gasteiger partial charge in [0.2, 0.25) is 0 Å². The minimum Gasteiger partial charge on any atom is -0.337 e. The zero-order chi connectivity index (χ0) is 19.7. The maximum absolute atomic E-state index is 11.9. The van der Waals surface area contributed by atoms with Crippen molar-refractivity contribution in [3.63, 3.8) is 0 Å². The summed E-state index contributed by atoms with van der Waals surface area (Å²) in [6, 6.07) is 3.03. The van der Waals surface area contributed by atoms with E-state index in [1.807, 2.05) is 13.8 Å². The van der Waals surface area contributed by atoms with E-state index in [1.165, 1.54) is 56.3 Å². The van der Waals surface area contributed by atoms with Gasteiger partial charge in [-0.05, 0) is 58.1 Å². The number of rotatable bonds is 5. The third-order valence-corrected chi connectivity index (χ3v) is 7.13. The number of fused-ring (bicyclic) bond motifs is 3. The largest absolute Gasteiger partial charge is 0.337 e. The van der Waals surface area contributed by atoms with Gasteiger partial charge in [-0.25, -0.2) is 4.79 Å². The molecular weight excluding hydrogens is 350 g/mol. The van der Waals surface area contributed by atoms with E-state index in [-0.39, 0.29) is 12.1 Å². The van der Waals surface area contributed by atoms with Gasteiger partial charge < -0.3 is 10.6 Å². The van der Waals surface area contributed by atoms with Gasteiger partial charge in [-0.3, -0.25) is 9.58 Å². The highest BCUT2D eigenvalue weighted by molar-refractivity contribution is 5.74. The summed E-state index contributed by atoms with van der Waals surface area (Å²) < 4.78 is 2.17. The average Bonchev–Trinajstić information content (AvgIpc) is 3.08. The summed E-state index contributed by atoms with van der Waals surface area (Å²) in [5.41, 5.74) is 2.76. The predicted molar refractivity (Wildman–Crippen MR) is 112 cm³/mol. The zero-order valence-electron chi connectivity index (χ0n) is 17.8. The number of urea groups is 1. The molecule has 1 aromatic rings. The molecule has 1 aromatic heterocycles. The SMILES string of the molecule is CC(C)NC(=O)NC[C@H]1C[C@@H]2CCN1C[C@@H]2c1cc(C2CCCCC2)nn1C. The molecule has 1 aliphatic carbocycles. The lowest BCUT2D eigenvalue weighted by Crippen LogP contribution is -2.57. The summed E-state index contributed by atoms with van der Waals surface area (Å²) in [7, 11) is 2.13. The highest BCUT2D eigenvalue weighted by Gasteiger charge is 2.42. The van der Waals surface area contributed by atoms with Crippen molar-refractivity contribution in [3.8, 4) is 0 Å². The van der Waals surface area contributed by atoms with Crippen molar-refractivity contribution in [3.05, 3.63) is 17.5 Å². The standard InChI is InChI=1S/C22H37N5O/c1-15(2)24-22(28)23-13-18-11-17-9-10-27(18)14-19(17)21-12-20(25-26(21)3)16-7-5-4-6-8-16/h12,15-19H,4-11,13-14H2,1-3H3,(H2,23,24,28)/t17-,18+,19-/m0/s1. The Labute approximate surface area is 169 Å². The Balaban J connectivity index is 1.38. The fourth-order valence-electron chi connectivity index (χ4n) is 5.66. The van der Waals surface area contributed by atoms with E-state index in [0.717, 1.165) is 19.6 Å². The lowest BCUT2D eigenvalue weighted by Gasteiger charge is -2.50. The van der Waals surface area contributed by atoms with E-state index < -0.39 is 0 Å². The summed E-state index contributed by atoms with van der Waals surface area (Å²) in [6.07, 6.45) is 9.16. The fraction of sp³-hybridized carbons (Fsp3) is 0.818. The number of carbonyl (C=O) groups is 1. The van der Waals surface area contributed by atoms with Crippen LogP contribution in [0.4, 0.5) is 4.79 Å². The summed E-state index contributed by atoms with van der Waals surface area (Å²) in [4.78, 5) is 14.5. The fourth-order valence-corrected chi connectivity index (χ4v) is 5.66. The van der Waals surface area contributed by atoms with Crippen LogP contribution in [0.5, 0.6) is 0 Å². The monoisotopic (exact) mass is 387 g/mol. The zero-order valence-corrected chi connectivity index (χ0v) is 17.8. The number of aromatic nitrogens is 2. The van der Waals surface area contributed by atoms with Crippen molar-refractivity contribution < 1.29 is 4.79 Å². The Morgan fingerprint density at radius 1 is 1.25 bits per heavy atom. The molecule has 6 heteroatoms. The number of amides is 2. The van der Waals surface area contributed by atoms with Gasteiger partial charge in [-0.1, -0.05) is 19.3 Å². The van der Waals surface area contributed by atoms with Crippen molar-refractivity contribution in [2.75, 3.05) is 19.6 Å². The number of hydrogen-bond acceptors (Lipinski definition) is 3. The number of aryl methyl sites for hydroxylation is 1. The lowest BCUT2D eigenvalue weighted by molar-refractivity contribution is 0.0294. The molecule has 3 aliphatic heterocycles. The summed E-state index contributed by atoms with van der Waals surface area (Å²) >= 11 is 0. The molecule has 28 heavy (non-hydrogen) atoms. The molecule has 4 heterocycles. The highest BCUT2D eigenvalue weighted by Crippen LogP contribution is 2.42. The normalized spacial score (nSPS) is 30.6. The first-order valence-corrected chi connectivity index (χ1v) is 11.3. The molecule has 156 valence electrons. The van der Waals surface area contributed by atoms with Crippen LogP contribution in [0.3, 0.4) is 0 Å². The van der Waals surface area contributed by atoms with Crippen LogP contribution in [0, 0.1) is 5.92 Å². The van der Waals surface area contributed by atoms with Crippen LogP contribution in [0.1, 0.15) is 82.0 Å². The predicted octanol–water partition coefficient (Wildman–Crippen LogP) is 3.35. The van der Waals surface area contributed by atoms with Crippen molar-refractivity contribution in [2.24, 2.45) is 13.0 Å².